The number of benzene rings is 1. The summed E-state index contributed by atoms with van der Waals surface area (Å²) in [6.45, 7) is 2.81. The van der Waals surface area contributed by atoms with Crippen LogP contribution in [0.25, 0.3) is 0 Å². The van der Waals surface area contributed by atoms with E-state index in [9.17, 15) is 14.0 Å². The van der Waals surface area contributed by atoms with Crippen molar-refractivity contribution < 1.29 is 18.7 Å². The Morgan fingerprint density at radius 3 is 2.95 bits per heavy atom. The van der Waals surface area contributed by atoms with Crippen LogP contribution < -0.4 is 5.32 Å². The van der Waals surface area contributed by atoms with Crippen molar-refractivity contribution in [3.63, 3.8) is 0 Å². The van der Waals surface area contributed by atoms with Gasteiger partial charge in [0.1, 0.15) is 5.82 Å². The lowest BCUT2D eigenvalue weighted by Gasteiger charge is -2.33. The maximum Gasteiger partial charge on any atom is 0.407 e. The highest BCUT2D eigenvalue weighted by Gasteiger charge is 2.28. The Morgan fingerprint density at radius 2 is 2.27 bits per heavy atom. The average molecular weight is 329 g/mol. The molecule has 0 aromatic heterocycles. The molecule has 1 atom stereocenters. The number of ether oxygens (including phenoxy) is 1. The summed E-state index contributed by atoms with van der Waals surface area (Å²) in [6.07, 6.45) is 0.952. The van der Waals surface area contributed by atoms with Gasteiger partial charge in [-0.1, -0.05) is 17.7 Å². The molecule has 22 heavy (non-hydrogen) atoms. The van der Waals surface area contributed by atoms with E-state index in [0.717, 1.165) is 12.8 Å². The van der Waals surface area contributed by atoms with E-state index in [4.69, 9.17) is 16.3 Å². The van der Waals surface area contributed by atoms with E-state index >= 15 is 0 Å². The third-order valence-electron chi connectivity index (χ3n) is 3.48. The van der Waals surface area contributed by atoms with Crippen LogP contribution in [0.5, 0.6) is 0 Å². The zero-order valence-corrected chi connectivity index (χ0v) is 13.0. The van der Waals surface area contributed by atoms with Crippen LogP contribution in [0, 0.1) is 5.82 Å². The number of rotatable bonds is 3. The van der Waals surface area contributed by atoms with E-state index in [-0.39, 0.29) is 23.2 Å². The number of likely N-dealkylation sites (tertiary alicyclic amines) is 1. The van der Waals surface area contributed by atoms with Gasteiger partial charge < -0.3 is 15.0 Å². The van der Waals surface area contributed by atoms with Crippen molar-refractivity contribution in [1.82, 2.24) is 10.2 Å². The molecule has 0 bridgehead atoms. The predicted octanol–water partition coefficient (Wildman–Crippen LogP) is 2.83. The Hall–Kier alpha value is -1.82. The second kappa shape index (κ2) is 7.45. The number of hydrogen-bond donors (Lipinski definition) is 1. The molecule has 0 spiro atoms. The summed E-state index contributed by atoms with van der Waals surface area (Å²) in [5.74, 6) is -1.10. The van der Waals surface area contributed by atoms with Gasteiger partial charge in [0.25, 0.3) is 5.91 Å². The van der Waals surface area contributed by atoms with E-state index in [1.54, 1.807) is 6.92 Å². The van der Waals surface area contributed by atoms with E-state index < -0.39 is 17.8 Å². The minimum atomic E-state index is -0.641. The van der Waals surface area contributed by atoms with Crippen molar-refractivity contribution in [2.45, 2.75) is 25.8 Å². The van der Waals surface area contributed by atoms with Crippen molar-refractivity contribution in [2.75, 3.05) is 19.7 Å². The Morgan fingerprint density at radius 1 is 1.50 bits per heavy atom. The van der Waals surface area contributed by atoms with Gasteiger partial charge in [-0.3, -0.25) is 4.79 Å². The van der Waals surface area contributed by atoms with Crippen molar-refractivity contribution in [3.8, 4) is 0 Å². The van der Waals surface area contributed by atoms with Gasteiger partial charge in [0, 0.05) is 19.1 Å². The molecule has 1 fully saturated rings. The van der Waals surface area contributed by atoms with Crippen LogP contribution >= 0.6 is 11.6 Å². The van der Waals surface area contributed by atoms with Crippen molar-refractivity contribution >= 4 is 23.6 Å². The number of hydrogen-bond acceptors (Lipinski definition) is 3. The Labute approximate surface area is 133 Å². The quantitative estimate of drug-likeness (QED) is 0.928. The van der Waals surface area contributed by atoms with Gasteiger partial charge in [-0.05, 0) is 31.9 Å². The van der Waals surface area contributed by atoms with Gasteiger partial charge >= 0.3 is 6.09 Å². The maximum absolute atomic E-state index is 13.8. The number of nitrogens with zero attached hydrogens (tertiary/aromatic N) is 1. The summed E-state index contributed by atoms with van der Waals surface area (Å²) >= 11 is 5.93. The van der Waals surface area contributed by atoms with Gasteiger partial charge in [0.05, 0.1) is 17.2 Å². The van der Waals surface area contributed by atoms with Crippen LogP contribution in [0.4, 0.5) is 9.18 Å². The first-order chi connectivity index (χ1) is 10.5. The topological polar surface area (TPSA) is 58.6 Å². The molecule has 2 rings (SSSR count). The van der Waals surface area contributed by atoms with Crippen LogP contribution in [-0.4, -0.2) is 42.6 Å². The van der Waals surface area contributed by atoms with Crippen LogP contribution in [0.3, 0.4) is 0 Å². The molecular weight excluding hydrogens is 311 g/mol. The third-order valence-corrected chi connectivity index (χ3v) is 3.80. The fourth-order valence-corrected chi connectivity index (χ4v) is 2.72. The molecule has 1 aliphatic rings. The van der Waals surface area contributed by atoms with E-state index in [2.05, 4.69) is 5.32 Å². The summed E-state index contributed by atoms with van der Waals surface area (Å²) in [4.78, 5) is 25.4. The fourth-order valence-electron chi connectivity index (χ4n) is 2.48. The molecular formula is C15H18ClFN2O3. The molecule has 1 N–H and O–H groups in total. The second-order valence-electron chi connectivity index (χ2n) is 5.05. The van der Waals surface area contributed by atoms with Gasteiger partial charge in [-0.2, -0.15) is 0 Å². The zero-order chi connectivity index (χ0) is 16.1. The highest BCUT2D eigenvalue weighted by molar-refractivity contribution is 6.33. The Kier molecular flexibility index (Phi) is 5.60. The van der Waals surface area contributed by atoms with E-state index in [0.29, 0.717) is 13.1 Å². The summed E-state index contributed by atoms with van der Waals surface area (Å²) < 4.78 is 18.7. The van der Waals surface area contributed by atoms with Gasteiger partial charge in [0.15, 0.2) is 0 Å². The molecule has 1 aromatic rings. The van der Waals surface area contributed by atoms with Crippen molar-refractivity contribution in [2.24, 2.45) is 0 Å². The molecule has 120 valence electrons. The fraction of sp³-hybridized carbons (Fsp3) is 0.467. The monoisotopic (exact) mass is 328 g/mol. The van der Waals surface area contributed by atoms with Crippen molar-refractivity contribution in [3.05, 3.63) is 34.6 Å². The molecule has 0 saturated carbocycles. The highest BCUT2D eigenvalue weighted by Crippen LogP contribution is 2.22. The first-order valence-electron chi connectivity index (χ1n) is 7.19. The normalized spacial score (nSPS) is 18.0. The zero-order valence-electron chi connectivity index (χ0n) is 12.3. The molecule has 1 heterocycles. The number of nitrogens with one attached hydrogen (secondary N) is 1. The molecule has 0 unspecified atom stereocenters. The number of halogens is 2. The second-order valence-corrected chi connectivity index (χ2v) is 5.46. The lowest BCUT2D eigenvalue weighted by atomic mass is 10.0. The maximum atomic E-state index is 13.8. The molecule has 5 nitrogen and oxygen atoms in total. The average Bonchev–Trinajstić information content (AvgIpc) is 2.47. The highest BCUT2D eigenvalue weighted by atomic mass is 35.5. The Bertz CT molecular complexity index is 547. The van der Waals surface area contributed by atoms with Crippen LogP contribution in [-0.2, 0) is 4.74 Å². The van der Waals surface area contributed by atoms with Crippen molar-refractivity contribution in [1.29, 1.82) is 0 Å². The van der Waals surface area contributed by atoms with Crippen LogP contribution in [0.15, 0.2) is 18.2 Å². The number of carbonyl (C=O) groups excluding carboxylic acids is 2. The summed E-state index contributed by atoms with van der Waals surface area (Å²) in [5, 5.41) is 2.79. The largest absolute Gasteiger partial charge is 0.450 e. The van der Waals surface area contributed by atoms with Gasteiger partial charge in [-0.15, -0.1) is 0 Å². The minimum Gasteiger partial charge on any atom is -0.450 e. The van der Waals surface area contributed by atoms with Crippen LogP contribution in [0.1, 0.15) is 30.1 Å². The molecule has 1 saturated heterocycles. The summed E-state index contributed by atoms with van der Waals surface area (Å²) in [6, 6.07) is 3.94. The van der Waals surface area contributed by atoms with Gasteiger partial charge in [-0.25, -0.2) is 9.18 Å². The molecule has 0 radical (unpaired) electrons. The smallest absolute Gasteiger partial charge is 0.407 e. The number of piperidine rings is 1. The van der Waals surface area contributed by atoms with Gasteiger partial charge in [0.2, 0.25) is 0 Å². The third kappa shape index (κ3) is 3.88. The molecule has 2 amide bonds. The van der Waals surface area contributed by atoms with Crippen LogP contribution in [0.2, 0.25) is 5.02 Å². The molecule has 1 aromatic carbocycles. The minimum absolute atomic E-state index is 0.0884. The lowest BCUT2D eigenvalue weighted by Crippen LogP contribution is -2.49. The Balaban J connectivity index is 2.06. The number of alkyl carbamates (subject to hydrolysis) is 1. The first-order valence-corrected chi connectivity index (χ1v) is 7.57. The molecule has 1 aliphatic heterocycles. The number of carbonyl (C=O) groups is 2. The molecule has 7 heteroatoms. The predicted molar refractivity (Wildman–Crippen MR) is 80.5 cm³/mol. The standard InChI is InChI=1S/C15H18ClFN2O3/c1-2-22-15(21)18-10-5-4-8-19(9-10)14(20)13-11(16)6-3-7-12(13)17/h3,6-7,10H,2,4-5,8-9H2,1H3,(H,18,21)/t10-/m0/s1. The lowest BCUT2D eigenvalue weighted by molar-refractivity contribution is 0.0681. The molecule has 0 aliphatic carbocycles. The summed E-state index contributed by atoms with van der Waals surface area (Å²) in [7, 11) is 0. The van der Waals surface area contributed by atoms with E-state index in [1.165, 1.54) is 23.1 Å². The number of amides is 2. The SMILES string of the molecule is CCOC(=O)N[C@H]1CCCN(C(=O)c2c(F)cccc2Cl)C1. The first kappa shape index (κ1) is 16.5. The summed E-state index contributed by atoms with van der Waals surface area (Å²) in [5.41, 5.74) is -0.124. The van der Waals surface area contributed by atoms with E-state index in [1.807, 2.05) is 0 Å².